The molecule has 44 heavy (non-hydrogen) atoms. The summed E-state index contributed by atoms with van der Waals surface area (Å²) in [4.78, 5) is 36.1. The van der Waals surface area contributed by atoms with E-state index in [0.29, 0.717) is 11.8 Å². The van der Waals surface area contributed by atoms with Crippen molar-refractivity contribution in [2.45, 2.75) is 49.7 Å². The topological polar surface area (TPSA) is 136 Å². The first-order valence-electron chi connectivity index (χ1n) is 13.9. The van der Waals surface area contributed by atoms with Gasteiger partial charge in [-0.25, -0.2) is 0 Å². The van der Waals surface area contributed by atoms with Gasteiger partial charge < -0.3 is 14.8 Å². The summed E-state index contributed by atoms with van der Waals surface area (Å²) in [5, 5.41) is 3.40. The fraction of sp³-hybridized carbons (Fsp3) is 0.265. The van der Waals surface area contributed by atoms with Crippen molar-refractivity contribution in [2.24, 2.45) is 0 Å². The van der Waals surface area contributed by atoms with E-state index in [1.54, 1.807) is 32.2 Å². The molecular formula is C34H37NO8S. The van der Waals surface area contributed by atoms with Crippen LogP contribution in [0.1, 0.15) is 31.4 Å². The molecule has 0 bridgehead atoms. The second-order valence-corrected chi connectivity index (χ2v) is 11.7. The third-order valence-electron chi connectivity index (χ3n) is 7.23. The maximum atomic E-state index is 12.9. The van der Waals surface area contributed by atoms with Crippen molar-refractivity contribution in [3.8, 4) is 0 Å². The lowest BCUT2D eigenvalue weighted by molar-refractivity contribution is -0.144. The molecule has 2 N–H and O–H groups in total. The van der Waals surface area contributed by atoms with E-state index in [1.807, 2.05) is 60.7 Å². The molecule has 4 aromatic rings. The fourth-order valence-electron chi connectivity index (χ4n) is 4.83. The minimum Gasteiger partial charge on any atom is -0.373 e. The van der Waals surface area contributed by atoms with E-state index in [-0.39, 0.29) is 46.5 Å². The molecule has 4 rings (SSSR count). The first-order chi connectivity index (χ1) is 20.9. The van der Waals surface area contributed by atoms with Crippen molar-refractivity contribution in [1.29, 1.82) is 0 Å². The van der Waals surface area contributed by atoms with Crippen LogP contribution in [0.5, 0.6) is 0 Å². The number of Topliss-reactive ketones (excluding diaryl/α,β-unsaturated/α-hetero) is 2. The highest BCUT2D eigenvalue weighted by molar-refractivity contribution is 7.86. The maximum absolute atomic E-state index is 12.9. The summed E-state index contributed by atoms with van der Waals surface area (Å²) in [5.74, 6) is -0.748. The van der Waals surface area contributed by atoms with E-state index in [9.17, 15) is 27.4 Å². The molecule has 0 heterocycles. The van der Waals surface area contributed by atoms with Crippen molar-refractivity contribution in [3.63, 3.8) is 0 Å². The number of ketones is 2. The van der Waals surface area contributed by atoms with Gasteiger partial charge in [-0.1, -0.05) is 84.9 Å². The molecule has 9 nitrogen and oxygen atoms in total. The second-order valence-electron chi connectivity index (χ2n) is 10.3. The monoisotopic (exact) mass is 619 g/mol. The normalized spacial score (nSPS) is 13.2. The number of amides is 1. The molecule has 0 aromatic heterocycles. The molecule has 0 saturated carbocycles. The van der Waals surface area contributed by atoms with Crippen molar-refractivity contribution >= 4 is 44.1 Å². The Labute approximate surface area is 258 Å². The molecule has 0 radical (unpaired) electrons. The predicted octanol–water partition coefficient (Wildman–Crippen LogP) is 5.47. The lowest BCUT2D eigenvalue weighted by Gasteiger charge is -2.29. The van der Waals surface area contributed by atoms with E-state index in [1.165, 1.54) is 32.2 Å². The van der Waals surface area contributed by atoms with Gasteiger partial charge in [0.05, 0.1) is 6.42 Å². The Balaban J connectivity index is 0.000000340. The van der Waals surface area contributed by atoms with Gasteiger partial charge in [-0.3, -0.25) is 18.9 Å². The molecule has 2 unspecified atom stereocenters. The van der Waals surface area contributed by atoms with E-state index in [0.717, 1.165) is 11.1 Å². The molecule has 0 saturated heterocycles. The van der Waals surface area contributed by atoms with Crippen LogP contribution in [0.3, 0.4) is 0 Å². The van der Waals surface area contributed by atoms with Crippen LogP contribution in [-0.2, 0) is 46.8 Å². The van der Waals surface area contributed by atoms with Gasteiger partial charge in [0.1, 0.15) is 16.6 Å². The third-order valence-corrected chi connectivity index (χ3v) is 8.13. The van der Waals surface area contributed by atoms with Gasteiger partial charge >= 0.3 is 0 Å². The van der Waals surface area contributed by atoms with Gasteiger partial charge in [0.25, 0.3) is 10.1 Å². The minimum atomic E-state index is -4.51. The second kappa shape index (κ2) is 15.5. The highest BCUT2D eigenvalue weighted by atomic mass is 32.2. The number of rotatable bonds is 12. The number of ether oxygens (including phenoxy) is 2. The van der Waals surface area contributed by atoms with Crippen molar-refractivity contribution < 1.29 is 36.8 Å². The van der Waals surface area contributed by atoms with Crippen LogP contribution in [0, 0.1) is 0 Å². The van der Waals surface area contributed by atoms with Gasteiger partial charge in [-0.15, -0.1) is 0 Å². The molecule has 10 heteroatoms. The first-order valence-corrected chi connectivity index (χ1v) is 15.3. The van der Waals surface area contributed by atoms with Crippen LogP contribution in [0.25, 0.3) is 10.8 Å². The van der Waals surface area contributed by atoms with E-state index >= 15 is 0 Å². The summed E-state index contributed by atoms with van der Waals surface area (Å²) in [5.41, 5.74) is 0.807. The van der Waals surface area contributed by atoms with Crippen LogP contribution in [0.4, 0.5) is 5.69 Å². The molecule has 232 valence electrons. The van der Waals surface area contributed by atoms with E-state index in [2.05, 4.69) is 5.32 Å². The zero-order valence-corrected chi connectivity index (χ0v) is 26.0. The summed E-state index contributed by atoms with van der Waals surface area (Å²) in [6.07, 6.45) is 0.298. The number of carbonyl (C=O) groups excluding carboxylic acids is 3. The molecule has 0 spiro atoms. The van der Waals surface area contributed by atoms with E-state index < -0.39 is 21.6 Å². The Morgan fingerprint density at radius 2 is 1.39 bits per heavy atom. The molecule has 4 aromatic carbocycles. The maximum Gasteiger partial charge on any atom is 0.295 e. The molecule has 0 aliphatic rings. The Morgan fingerprint density at radius 1 is 0.818 bits per heavy atom. The van der Waals surface area contributed by atoms with Crippen LogP contribution < -0.4 is 5.32 Å². The average Bonchev–Trinajstić information content (AvgIpc) is 3.00. The van der Waals surface area contributed by atoms with Crippen LogP contribution in [-0.4, -0.2) is 56.4 Å². The van der Waals surface area contributed by atoms with Crippen LogP contribution in [0.15, 0.2) is 102 Å². The molecule has 0 aliphatic carbocycles. The number of benzene rings is 4. The highest BCUT2D eigenvalue weighted by Crippen LogP contribution is 2.31. The van der Waals surface area contributed by atoms with Crippen molar-refractivity contribution in [3.05, 3.63) is 108 Å². The molecular weight excluding hydrogens is 582 g/mol. The number of fused-ring (bicyclic) bond motifs is 1. The van der Waals surface area contributed by atoms with Gasteiger partial charge in [0.2, 0.25) is 5.91 Å². The van der Waals surface area contributed by atoms with Crippen molar-refractivity contribution in [2.75, 3.05) is 19.5 Å². The van der Waals surface area contributed by atoms with Gasteiger partial charge in [0.15, 0.2) is 11.6 Å². The number of carbonyl (C=O) groups is 3. The summed E-state index contributed by atoms with van der Waals surface area (Å²) in [6, 6.07) is 28.4. The molecule has 2 atom stereocenters. The smallest absolute Gasteiger partial charge is 0.295 e. The third kappa shape index (κ3) is 9.14. The Morgan fingerprint density at radius 3 is 1.89 bits per heavy atom. The van der Waals surface area contributed by atoms with Gasteiger partial charge in [-0.05, 0) is 42.5 Å². The highest BCUT2D eigenvalue weighted by Gasteiger charge is 2.38. The lowest BCUT2D eigenvalue weighted by atomic mass is 9.87. The van der Waals surface area contributed by atoms with Gasteiger partial charge in [0, 0.05) is 38.1 Å². The fourth-order valence-corrected chi connectivity index (χ4v) is 5.56. The minimum absolute atomic E-state index is 0.0753. The Bertz CT molecular complexity index is 1690. The number of hydrogen-bond acceptors (Lipinski definition) is 7. The number of methoxy groups -OCH3 is 2. The van der Waals surface area contributed by atoms with Crippen LogP contribution >= 0.6 is 0 Å². The largest absolute Gasteiger partial charge is 0.373 e. The zero-order valence-electron chi connectivity index (χ0n) is 25.1. The average molecular weight is 620 g/mol. The number of hydrogen-bond donors (Lipinski definition) is 2. The SMILES string of the molecule is COC(CC(=O)Nc1cccc2cccc(S(=O)(=O)O)c12)(Cc1ccccc1)C(C)=O.COC(Cc1ccccc1)C(C)=O. The van der Waals surface area contributed by atoms with E-state index in [4.69, 9.17) is 9.47 Å². The summed E-state index contributed by atoms with van der Waals surface area (Å²) in [6.45, 7) is 2.92. The van der Waals surface area contributed by atoms with Crippen molar-refractivity contribution in [1.82, 2.24) is 0 Å². The molecule has 0 aliphatic heterocycles. The predicted molar refractivity (Wildman–Crippen MR) is 169 cm³/mol. The lowest BCUT2D eigenvalue weighted by Crippen LogP contribution is -2.44. The summed E-state index contributed by atoms with van der Waals surface area (Å²) in [7, 11) is -1.57. The van der Waals surface area contributed by atoms with Gasteiger partial charge in [-0.2, -0.15) is 8.42 Å². The standard InChI is InChI=1S/C23H23NO6S.C11H14O2/c1-16(25)23(30-2,14-17-8-4-3-5-9-17)15-21(26)24-19-12-6-10-18-11-7-13-20(22(18)19)31(27,28)29;1-9(12)11(13-2)8-10-6-4-3-5-7-10/h3-13H,14-15H2,1-2H3,(H,24,26)(H,27,28,29);3-7,11H,8H2,1-2H3. The quantitative estimate of drug-likeness (QED) is 0.200. The Hall–Kier alpha value is -4.22. The Kier molecular flexibility index (Phi) is 12.1. The molecule has 1 amide bonds. The zero-order chi connectivity index (χ0) is 32.3. The summed E-state index contributed by atoms with van der Waals surface area (Å²) < 4.78 is 43.9. The first kappa shape index (κ1) is 34.3. The van der Waals surface area contributed by atoms with Crippen LogP contribution in [0.2, 0.25) is 0 Å². The number of nitrogens with one attached hydrogen (secondary N) is 1. The summed E-state index contributed by atoms with van der Waals surface area (Å²) >= 11 is 0. The molecule has 0 fully saturated rings. The number of anilines is 1.